The third-order valence-electron chi connectivity index (χ3n) is 6.72. The molecule has 13 N–H and O–H groups in total. The number of amides is 2. The molecular weight excluding hydrogens is 626 g/mol. The van der Waals surface area contributed by atoms with E-state index in [0.29, 0.717) is 46.6 Å². The van der Waals surface area contributed by atoms with Gasteiger partial charge in [-0.15, -0.1) is 0 Å². The lowest BCUT2D eigenvalue weighted by Crippen LogP contribution is -2.13. The predicted molar refractivity (Wildman–Crippen MR) is 166 cm³/mol. The van der Waals surface area contributed by atoms with Crippen molar-refractivity contribution in [3.05, 3.63) is 93.1 Å². The van der Waals surface area contributed by atoms with Crippen molar-refractivity contribution >= 4 is 63.3 Å². The monoisotopic (exact) mass is 650 g/mol. The Labute approximate surface area is 263 Å². The van der Waals surface area contributed by atoms with Crippen molar-refractivity contribution in [2.75, 3.05) is 16.4 Å². The number of hydrogen-bond donors (Lipinski definition) is 8. The second kappa shape index (κ2) is 13.8. The number of aromatic nitrogens is 4. The highest BCUT2D eigenvalue weighted by Gasteiger charge is 2.24. The summed E-state index contributed by atoms with van der Waals surface area (Å²) in [5.74, 6) is 6.41. The Morgan fingerprint density at radius 1 is 0.870 bits per heavy atom. The van der Waals surface area contributed by atoms with Crippen molar-refractivity contribution < 1.29 is 23.8 Å². The van der Waals surface area contributed by atoms with E-state index >= 15 is 0 Å². The van der Waals surface area contributed by atoms with Crippen molar-refractivity contribution in [2.45, 2.75) is 13.1 Å². The molecular formula is C28H25ClF2N12O3. The topological polar surface area (TPSA) is 270 Å². The van der Waals surface area contributed by atoms with Gasteiger partial charge in [0.1, 0.15) is 17.0 Å². The Bertz CT molecular complexity index is 2010. The molecule has 18 heteroatoms. The highest BCUT2D eigenvalue weighted by Crippen LogP contribution is 2.30. The zero-order valence-electron chi connectivity index (χ0n) is 23.5. The van der Waals surface area contributed by atoms with Gasteiger partial charge < -0.3 is 32.5 Å². The van der Waals surface area contributed by atoms with Crippen LogP contribution in [0.2, 0.25) is 5.15 Å². The highest BCUT2D eigenvalue weighted by atomic mass is 35.5. The molecule has 0 aliphatic carbocycles. The molecule has 0 atom stereocenters. The highest BCUT2D eigenvalue weighted by molar-refractivity contribution is 6.30. The number of nitrogen functional groups attached to an aromatic ring is 1. The van der Waals surface area contributed by atoms with E-state index in [1.54, 1.807) is 30.3 Å². The van der Waals surface area contributed by atoms with Crippen LogP contribution in [-0.2, 0) is 13.1 Å². The number of nitriles is 1. The molecule has 15 nitrogen and oxygen atoms in total. The summed E-state index contributed by atoms with van der Waals surface area (Å²) in [4.78, 5) is 31.6. The standard InChI is InChI=1S/C14H8ClFN4O.C14H11FN6O.H4N2.H2O/c15-12-8(5-17)4-9(16)13(20-12)19-10-3-1-2-7-6-18-14(21)11(7)10;15-8-4-7-11(16)20-21-12(7)19-13(8)18-9-3-1-2-6-5-17-14(22)10(6)9;1-2;/h1-4H,6H2,(H,18,21)(H,19,20);1-4H,5H2,(H,17,22)(H4,16,18,19,20,21);1-2H2;1H2. The minimum Gasteiger partial charge on any atom is -0.412 e. The average Bonchev–Trinajstić information content (AvgIpc) is 3.73. The van der Waals surface area contributed by atoms with Crippen LogP contribution in [0.15, 0.2) is 48.5 Å². The summed E-state index contributed by atoms with van der Waals surface area (Å²) >= 11 is 5.79. The molecule has 0 fully saturated rings. The van der Waals surface area contributed by atoms with Crippen LogP contribution in [0, 0.1) is 23.0 Å². The zero-order chi connectivity index (χ0) is 32.2. The fourth-order valence-electron chi connectivity index (χ4n) is 4.68. The average molecular weight is 651 g/mol. The van der Waals surface area contributed by atoms with Crippen LogP contribution in [0.1, 0.15) is 37.4 Å². The quantitative estimate of drug-likeness (QED) is 0.0794. The third-order valence-corrected chi connectivity index (χ3v) is 7.01. The van der Waals surface area contributed by atoms with Crippen molar-refractivity contribution in [1.29, 1.82) is 5.26 Å². The molecule has 0 spiro atoms. The number of anilines is 5. The fourth-order valence-corrected chi connectivity index (χ4v) is 4.86. The largest absolute Gasteiger partial charge is 0.412 e. The molecule has 2 aliphatic heterocycles. The molecule has 3 aromatic heterocycles. The van der Waals surface area contributed by atoms with E-state index in [1.165, 1.54) is 6.07 Å². The van der Waals surface area contributed by atoms with Crippen LogP contribution in [0.5, 0.6) is 0 Å². The Kier molecular flexibility index (Phi) is 9.89. The molecule has 0 radical (unpaired) electrons. The van der Waals surface area contributed by atoms with Gasteiger partial charge in [0, 0.05) is 13.1 Å². The molecule has 5 heterocycles. The number of hydrazine groups is 1. The van der Waals surface area contributed by atoms with Gasteiger partial charge in [0.15, 0.2) is 28.9 Å². The van der Waals surface area contributed by atoms with E-state index in [9.17, 15) is 18.4 Å². The zero-order valence-corrected chi connectivity index (χ0v) is 24.3. The number of rotatable bonds is 4. The lowest BCUT2D eigenvalue weighted by molar-refractivity contribution is 0.0958. The number of pyridine rings is 2. The SMILES string of the molecule is N#Cc1cc(F)c(Nc2cccc3c2C(=O)NC3)nc1Cl.NN.Nc1[nH]nc2nc(Nc3cccc4c3C(=O)NC4)c(F)cc12.O. The number of carbonyl (C=O) groups excluding carboxylic acids is 2. The number of halogens is 3. The summed E-state index contributed by atoms with van der Waals surface area (Å²) < 4.78 is 28.1. The molecule has 5 aromatic rings. The number of benzene rings is 2. The first kappa shape index (κ1) is 33.0. The van der Waals surface area contributed by atoms with Gasteiger partial charge in [0.25, 0.3) is 11.8 Å². The number of hydrogen-bond acceptors (Lipinski definition) is 11. The number of nitrogens with two attached hydrogens (primary N) is 3. The van der Waals surface area contributed by atoms with Crippen molar-refractivity contribution in [3.8, 4) is 6.07 Å². The first-order valence-corrected chi connectivity index (χ1v) is 13.3. The molecule has 0 saturated carbocycles. The fraction of sp³-hybridized carbons (Fsp3) is 0.0714. The van der Waals surface area contributed by atoms with Gasteiger partial charge in [-0.2, -0.15) is 10.4 Å². The molecule has 46 heavy (non-hydrogen) atoms. The van der Waals surface area contributed by atoms with E-state index in [4.69, 9.17) is 22.6 Å². The summed E-state index contributed by atoms with van der Waals surface area (Å²) in [5, 5.41) is 26.6. The van der Waals surface area contributed by atoms with Crippen molar-refractivity contribution in [1.82, 2.24) is 30.8 Å². The number of fused-ring (bicyclic) bond motifs is 3. The van der Waals surface area contributed by atoms with E-state index in [2.05, 4.69) is 53.1 Å². The van der Waals surface area contributed by atoms with Crippen LogP contribution in [-0.4, -0.2) is 37.5 Å². The number of nitrogens with one attached hydrogen (secondary N) is 5. The molecule has 7 rings (SSSR count). The second-order valence-corrected chi connectivity index (χ2v) is 9.75. The van der Waals surface area contributed by atoms with Crippen molar-refractivity contribution in [2.24, 2.45) is 11.7 Å². The molecule has 0 bridgehead atoms. The molecule has 2 aliphatic rings. The first-order valence-electron chi connectivity index (χ1n) is 13.0. The predicted octanol–water partition coefficient (Wildman–Crippen LogP) is 2.39. The van der Waals surface area contributed by atoms with E-state index < -0.39 is 11.6 Å². The lowest BCUT2D eigenvalue weighted by atomic mass is 10.1. The normalized spacial score (nSPS) is 12.2. The van der Waals surface area contributed by atoms with Gasteiger partial charge in [-0.3, -0.25) is 26.4 Å². The summed E-state index contributed by atoms with van der Waals surface area (Å²) in [6.45, 7) is 0.905. The van der Waals surface area contributed by atoms with Gasteiger partial charge in [-0.05, 0) is 35.4 Å². The van der Waals surface area contributed by atoms with Crippen LogP contribution in [0.4, 0.5) is 37.6 Å². The van der Waals surface area contributed by atoms with Gasteiger partial charge in [-0.1, -0.05) is 35.9 Å². The summed E-state index contributed by atoms with van der Waals surface area (Å²) in [6, 6.07) is 14.6. The van der Waals surface area contributed by atoms with E-state index in [0.717, 1.165) is 17.2 Å². The minimum atomic E-state index is -0.716. The minimum absolute atomic E-state index is 0. The maximum Gasteiger partial charge on any atom is 0.254 e. The Morgan fingerprint density at radius 2 is 1.39 bits per heavy atom. The third kappa shape index (κ3) is 6.31. The van der Waals surface area contributed by atoms with Crippen LogP contribution in [0.3, 0.4) is 0 Å². The van der Waals surface area contributed by atoms with Crippen LogP contribution >= 0.6 is 11.6 Å². The maximum atomic E-state index is 14.2. The molecule has 0 saturated heterocycles. The van der Waals surface area contributed by atoms with E-state index in [1.807, 2.05) is 12.1 Å². The second-order valence-electron chi connectivity index (χ2n) is 9.39. The Balaban J connectivity index is 0.000000194. The molecule has 2 aromatic carbocycles. The van der Waals surface area contributed by atoms with Crippen LogP contribution in [0.25, 0.3) is 11.0 Å². The first-order chi connectivity index (χ1) is 21.7. The van der Waals surface area contributed by atoms with E-state index in [-0.39, 0.29) is 45.5 Å². The number of H-pyrrole nitrogens is 1. The van der Waals surface area contributed by atoms with Crippen LogP contribution < -0.4 is 38.7 Å². The summed E-state index contributed by atoms with van der Waals surface area (Å²) in [6.07, 6.45) is 0. The Morgan fingerprint density at radius 3 is 1.93 bits per heavy atom. The van der Waals surface area contributed by atoms with Crippen molar-refractivity contribution in [3.63, 3.8) is 0 Å². The van der Waals surface area contributed by atoms with Gasteiger partial charge in [0.05, 0.1) is 33.5 Å². The summed E-state index contributed by atoms with van der Waals surface area (Å²) in [7, 11) is 0. The molecule has 2 amide bonds. The van der Waals surface area contributed by atoms with Gasteiger partial charge >= 0.3 is 0 Å². The maximum absolute atomic E-state index is 14.2. The number of carbonyl (C=O) groups is 2. The smallest absolute Gasteiger partial charge is 0.254 e. The molecule has 236 valence electrons. The number of aromatic amines is 1. The van der Waals surface area contributed by atoms with Gasteiger partial charge in [0.2, 0.25) is 0 Å². The summed E-state index contributed by atoms with van der Waals surface area (Å²) in [5.41, 5.74) is 9.49. The number of nitrogens with zero attached hydrogens (tertiary/aromatic N) is 4. The lowest BCUT2D eigenvalue weighted by Gasteiger charge is -2.10. The molecule has 0 unspecified atom stereocenters. The Hall–Kier alpha value is -5.93. The van der Waals surface area contributed by atoms with Gasteiger partial charge in [-0.25, -0.2) is 18.7 Å².